The van der Waals surface area contributed by atoms with Gasteiger partial charge in [-0.2, -0.15) is 5.10 Å². The average molecular weight is 269 g/mol. The van der Waals surface area contributed by atoms with Gasteiger partial charge in [-0.15, -0.1) is 0 Å². The molecule has 0 aliphatic heterocycles. The Balaban J connectivity index is 2.09. The molecule has 0 spiro atoms. The van der Waals surface area contributed by atoms with E-state index in [1.165, 1.54) is 6.33 Å². The van der Waals surface area contributed by atoms with Gasteiger partial charge < -0.3 is 5.11 Å². The first-order chi connectivity index (χ1) is 7.25. The van der Waals surface area contributed by atoms with E-state index in [2.05, 4.69) is 36.1 Å². The predicted molar refractivity (Wildman–Crippen MR) is 57.0 cm³/mol. The van der Waals surface area contributed by atoms with Crippen LogP contribution in [0.3, 0.4) is 0 Å². The van der Waals surface area contributed by atoms with Crippen molar-refractivity contribution in [2.45, 2.75) is 12.5 Å². The Morgan fingerprint density at radius 1 is 1.47 bits per heavy atom. The van der Waals surface area contributed by atoms with E-state index >= 15 is 0 Å². The van der Waals surface area contributed by atoms with Crippen LogP contribution in [0.15, 0.2) is 29.3 Å². The summed E-state index contributed by atoms with van der Waals surface area (Å²) < 4.78 is 0.893. The van der Waals surface area contributed by atoms with Crippen LogP contribution >= 0.6 is 15.9 Å². The van der Waals surface area contributed by atoms with Gasteiger partial charge in [-0.3, -0.25) is 10.1 Å². The van der Waals surface area contributed by atoms with Crippen molar-refractivity contribution in [3.05, 3.63) is 40.6 Å². The molecule has 1 atom stereocenters. The molecule has 2 N–H and O–H groups in total. The number of halogens is 1. The van der Waals surface area contributed by atoms with Gasteiger partial charge in [0.25, 0.3) is 0 Å². The van der Waals surface area contributed by atoms with E-state index in [1.54, 1.807) is 12.4 Å². The Hall–Kier alpha value is -1.27. The van der Waals surface area contributed by atoms with Crippen LogP contribution in [-0.4, -0.2) is 25.3 Å². The van der Waals surface area contributed by atoms with Crippen LogP contribution in [0.5, 0.6) is 0 Å². The molecule has 0 saturated heterocycles. The number of nitrogens with zero attached hydrogens (tertiary/aromatic N) is 3. The first-order valence-electron chi connectivity index (χ1n) is 4.38. The Morgan fingerprint density at radius 2 is 2.33 bits per heavy atom. The fourth-order valence-electron chi connectivity index (χ4n) is 1.26. The zero-order chi connectivity index (χ0) is 10.7. The van der Waals surface area contributed by atoms with E-state index in [1.807, 2.05) is 6.07 Å². The summed E-state index contributed by atoms with van der Waals surface area (Å²) in [6.07, 6.45) is 4.57. The number of nitrogens with one attached hydrogen (secondary N) is 1. The quantitative estimate of drug-likeness (QED) is 0.879. The average Bonchev–Trinajstić information content (AvgIpc) is 2.70. The number of H-pyrrole nitrogens is 1. The fourth-order valence-corrected chi connectivity index (χ4v) is 1.68. The molecular formula is C9H9BrN4O. The molecule has 0 bridgehead atoms. The molecule has 0 aliphatic carbocycles. The maximum absolute atomic E-state index is 9.78. The molecule has 15 heavy (non-hydrogen) atoms. The van der Waals surface area contributed by atoms with Gasteiger partial charge in [-0.05, 0) is 27.6 Å². The van der Waals surface area contributed by atoms with Gasteiger partial charge in [-0.1, -0.05) is 0 Å². The Morgan fingerprint density at radius 3 is 3.00 bits per heavy atom. The number of aliphatic hydroxyl groups is 1. The Labute approximate surface area is 94.7 Å². The van der Waals surface area contributed by atoms with Gasteiger partial charge in [0.15, 0.2) is 5.82 Å². The topological polar surface area (TPSA) is 74.7 Å². The highest BCUT2D eigenvalue weighted by Gasteiger charge is 2.11. The lowest BCUT2D eigenvalue weighted by molar-refractivity contribution is 0.168. The first kappa shape index (κ1) is 10.3. The summed E-state index contributed by atoms with van der Waals surface area (Å²) in [6.45, 7) is 0. The standard InChI is InChI=1S/C9H9BrN4O/c10-7-1-6(3-11-4-7)2-8(15)9-12-5-13-14-9/h1,3-5,8,15H,2H2,(H,12,13,14). The third-order valence-electron chi connectivity index (χ3n) is 1.94. The fraction of sp³-hybridized carbons (Fsp3) is 0.222. The summed E-state index contributed by atoms with van der Waals surface area (Å²) in [7, 11) is 0. The van der Waals surface area contributed by atoms with Crippen molar-refractivity contribution in [2.24, 2.45) is 0 Å². The molecule has 1 unspecified atom stereocenters. The minimum Gasteiger partial charge on any atom is -0.385 e. The van der Waals surface area contributed by atoms with Crippen molar-refractivity contribution in [3.63, 3.8) is 0 Å². The molecule has 5 nitrogen and oxygen atoms in total. The molecule has 2 aromatic heterocycles. The van der Waals surface area contributed by atoms with Crippen LogP contribution in [-0.2, 0) is 6.42 Å². The van der Waals surface area contributed by atoms with Crippen LogP contribution in [0, 0.1) is 0 Å². The number of aromatic amines is 1. The highest BCUT2D eigenvalue weighted by Crippen LogP contribution is 2.16. The van der Waals surface area contributed by atoms with Gasteiger partial charge in [0.05, 0.1) is 0 Å². The first-order valence-corrected chi connectivity index (χ1v) is 5.18. The molecule has 0 saturated carbocycles. The van der Waals surface area contributed by atoms with Crippen LogP contribution in [0.25, 0.3) is 0 Å². The van der Waals surface area contributed by atoms with Crippen molar-refractivity contribution < 1.29 is 5.11 Å². The number of hydrogen-bond acceptors (Lipinski definition) is 4. The molecular weight excluding hydrogens is 260 g/mol. The SMILES string of the molecule is OC(Cc1cncc(Br)c1)c1ncn[nH]1. The molecule has 0 aromatic carbocycles. The lowest BCUT2D eigenvalue weighted by Crippen LogP contribution is -2.04. The molecule has 2 aromatic rings. The molecule has 78 valence electrons. The van der Waals surface area contributed by atoms with E-state index in [9.17, 15) is 5.11 Å². The van der Waals surface area contributed by atoms with Crippen molar-refractivity contribution in [3.8, 4) is 0 Å². The smallest absolute Gasteiger partial charge is 0.153 e. The monoisotopic (exact) mass is 268 g/mol. The van der Waals surface area contributed by atoms with Gasteiger partial charge in [0, 0.05) is 23.3 Å². The van der Waals surface area contributed by atoms with Crippen molar-refractivity contribution in [2.75, 3.05) is 0 Å². The van der Waals surface area contributed by atoms with Crippen LogP contribution in [0.4, 0.5) is 0 Å². The largest absolute Gasteiger partial charge is 0.385 e. The molecule has 0 amide bonds. The predicted octanol–water partition coefficient (Wildman–Crippen LogP) is 1.24. The van der Waals surface area contributed by atoms with Crippen molar-refractivity contribution >= 4 is 15.9 Å². The van der Waals surface area contributed by atoms with E-state index in [4.69, 9.17) is 0 Å². The Kier molecular flexibility index (Phi) is 3.08. The van der Waals surface area contributed by atoms with E-state index < -0.39 is 6.10 Å². The summed E-state index contributed by atoms with van der Waals surface area (Å²) >= 11 is 3.32. The zero-order valence-corrected chi connectivity index (χ0v) is 9.35. The second-order valence-electron chi connectivity index (χ2n) is 3.10. The van der Waals surface area contributed by atoms with E-state index in [0.717, 1.165) is 10.0 Å². The van der Waals surface area contributed by atoms with Crippen LogP contribution in [0.2, 0.25) is 0 Å². The molecule has 2 rings (SSSR count). The van der Waals surface area contributed by atoms with Crippen molar-refractivity contribution in [1.29, 1.82) is 0 Å². The summed E-state index contributed by atoms with van der Waals surface area (Å²) in [5, 5.41) is 16.1. The minimum absolute atomic E-state index is 0.460. The van der Waals surface area contributed by atoms with Gasteiger partial charge in [-0.25, -0.2) is 4.98 Å². The Bertz CT molecular complexity index is 431. The number of pyridine rings is 1. The number of aliphatic hydroxyl groups excluding tert-OH is 1. The summed E-state index contributed by atoms with van der Waals surface area (Å²) in [4.78, 5) is 7.90. The molecule has 0 aliphatic rings. The summed E-state index contributed by atoms with van der Waals surface area (Å²) in [6, 6.07) is 1.91. The van der Waals surface area contributed by atoms with Crippen molar-refractivity contribution in [1.82, 2.24) is 20.2 Å². The summed E-state index contributed by atoms with van der Waals surface area (Å²) in [5.74, 6) is 0.468. The highest BCUT2D eigenvalue weighted by molar-refractivity contribution is 9.10. The zero-order valence-electron chi connectivity index (χ0n) is 7.76. The van der Waals surface area contributed by atoms with Crippen LogP contribution in [0.1, 0.15) is 17.5 Å². The number of aromatic nitrogens is 4. The molecule has 0 fully saturated rings. The van der Waals surface area contributed by atoms with E-state index in [0.29, 0.717) is 12.2 Å². The summed E-state index contributed by atoms with van der Waals surface area (Å²) in [5.41, 5.74) is 0.938. The maximum Gasteiger partial charge on any atom is 0.153 e. The highest BCUT2D eigenvalue weighted by atomic mass is 79.9. The molecule has 2 heterocycles. The second kappa shape index (κ2) is 4.50. The van der Waals surface area contributed by atoms with Gasteiger partial charge in [0.1, 0.15) is 12.4 Å². The van der Waals surface area contributed by atoms with Gasteiger partial charge >= 0.3 is 0 Å². The van der Waals surface area contributed by atoms with E-state index in [-0.39, 0.29) is 0 Å². The lowest BCUT2D eigenvalue weighted by Gasteiger charge is -2.06. The minimum atomic E-state index is -0.677. The maximum atomic E-state index is 9.78. The van der Waals surface area contributed by atoms with Gasteiger partial charge in [0.2, 0.25) is 0 Å². The third-order valence-corrected chi connectivity index (χ3v) is 2.37. The molecule has 6 heteroatoms. The van der Waals surface area contributed by atoms with Crippen LogP contribution < -0.4 is 0 Å². The third kappa shape index (κ3) is 2.60. The normalized spacial score (nSPS) is 12.7. The second-order valence-corrected chi connectivity index (χ2v) is 4.02. The lowest BCUT2D eigenvalue weighted by atomic mass is 10.1. The number of hydrogen-bond donors (Lipinski definition) is 2. The molecule has 0 radical (unpaired) electrons. The number of rotatable bonds is 3.